The van der Waals surface area contributed by atoms with Gasteiger partial charge in [-0.25, -0.2) is 8.42 Å². The lowest BCUT2D eigenvalue weighted by atomic mass is 9.82. The number of amides is 1. The average molecular weight is 490 g/mol. The Labute approximate surface area is 202 Å². The van der Waals surface area contributed by atoms with E-state index in [4.69, 9.17) is 9.47 Å². The molecule has 1 saturated heterocycles. The molecule has 2 aromatic rings. The highest BCUT2D eigenvalue weighted by Crippen LogP contribution is 2.33. The number of nitrogens with one attached hydrogen (secondary N) is 1. The highest BCUT2D eigenvalue weighted by atomic mass is 32.2. The number of carbonyl (C=O) groups excluding carboxylic acids is 1. The minimum atomic E-state index is -3.71. The smallest absolute Gasteiger partial charge is 0.243 e. The lowest BCUT2D eigenvalue weighted by Gasteiger charge is -2.36. The molecule has 9 heteroatoms. The largest absolute Gasteiger partial charge is 0.493 e. The fourth-order valence-electron chi connectivity index (χ4n) is 4.17. The van der Waals surface area contributed by atoms with E-state index in [-0.39, 0.29) is 41.9 Å². The summed E-state index contributed by atoms with van der Waals surface area (Å²) in [6.07, 6.45) is 0. The van der Waals surface area contributed by atoms with Crippen molar-refractivity contribution in [1.29, 1.82) is 0 Å². The van der Waals surface area contributed by atoms with Crippen LogP contribution in [0.5, 0.6) is 11.5 Å². The summed E-state index contributed by atoms with van der Waals surface area (Å²) in [6.45, 7) is 7.78. The number of hydrogen-bond donors (Lipinski definition) is 1. The summed E-state index contributed by atoms with van der Waals surface area (Å²) >= 11 is 0. The molecule has 0 saturated carbocycles. The van der Waals surface area contributed by atoms with E-state index in [0.717, 1.165) is 5.56 Å². The molecule has 2 aromatic carbocycles. The number of sulfonamides is 1. The van der Waals surface area contributed by atoms with E-state index in [1.54, 1.807) is 11.0 Å². The fourth-order valence-corrected chi connectivity index (χ4v) is 5.61. The van der Waals surface area contributed by atoms with Crippen LogP contribution in [-0.4, -0.2) is 70.5 Å². The van der Waals surface area contributed by atoms with Crippen molar-refractivity contribution in [3.63, 3.8) is 0 Å². The van der Waals surface area contributed by atoms with Crippen LogP contribution in [-0.2, 0) is 14.8 Å². The predicted molar refractivity (Wildman–Crippen MR) is 132 cm³/mol. The summed E-state index contributed by atoms with van der Waals surface area (Å²) in [5, 5.41) is 3.42. The molecule has 1 N–H and O–H groups in total. The molecule has 1 aliphatic rings. The summed E-state index contributed by atoms with van der Waals surface area (Å²) < 4.78 is 38.1. The Kier molecular flexibility index (Phi) is 8.22. The van der Waals surface area contributed by atoms with Gasteiger partial charge in [0.1, 0.15) is 0 Å². The second kappa shape index (κ2) is 10.8. The molecule has 186 valence electrons. The van der Waals surface area contributed by atoms with Gasteiger partial charge in [-0.1, -0.05) is 51.1 Å². The topological polar surface area (TPSA) is 88.2 Å². The molecule has 0 aliphatic carbocycles. The van der Waals surface area contributed by atoms with Crippen molar-refractivity contribution in [3.05, 3.63) is 54.1 Å². The van der Waals surface area contributed by atoms with E-state index >= 15 is 0 Å². The SMILES string of the molecule is COc1ccc(S(=O)(=O)N2CCN(C(=O)CNC(c3ccccc3)C(C)(C)C)CC2)cc1OC. The molecule has 1 heterocycles. The molecule has 0 aromatic heterocycles. The van der Waals surface area contributed by atoms with Gasteiger partial charge >= 0.3 is 0 Å². The maximum absolute atomic E-state index is 13.1. The van der Waals surface area contributed by atoms with Crippen LogP contribution in [0.3, 0.4) is 0 Å². The first kappa shape index (κ1) is 26.0. The fraction of sp³-hybridized carbons (Fsp3) is 0.480. The highest BCUT2D eigenvalue weighted by molar-refractivity contribution is 7.89. The molecule has 0 radical (unpaired) electrons. The number of ether oxygens (including phenoxy) is 2. The van der Waals surface area contributed by atoms with E-state index in [9.17, 15) is 13.2 Å². The molecule has 1 amide bonds. The van der Waals surface area contributed by atoms with Gasteiger partial charge in [0.25, 0.3) is 0 Å². The summed E-state index contributed by atoms with van der Waals surface area (Å²) in [7, 11) is -0.738. The van der Waals surface area contributed by atoms with Crippen LogP contribution in [0.25, 0.3) is 0 Å². The van der Waals surface area contributed by atoms with Gasteiger partial charge in [0, 0.05) is 38.3 Å². The van der Waals surface area contributed by atoms with Crippen molar-refractivity contribution in [2.45, 2.75) is 31.7 Å². The van der Waals surface area contributed by atoms with Gasteiger partial charge in [0.2, 0.25) is 15.9 Å². The van der Waals surface area contributed by atoms with E-state index < -0.39 is 10.0 Å². The van der Waals surface area contributed by atoms with Gasteiger partial charge < -0.3 is 19.7 Å². The number of methoxy groups -OCH3 is 2. The quantitative estimate of drug-likeness (QED) is 0.614. The van der Waals surface area contributed by atoms with Crippen LogP contribution in [0.1, 0.15) is 32.4 Å². The van der Waals surface area contributed by atoms with Crippen LogP contribution in [0.15, 0.2) is 53.4 Å². The molecule has 3 rings (SSSR count). The molecule has 1 unspecified atom stereocenters. The maximum atomic E-state index is 13.1. The van der Waals surface area contributed by atoms with Gasteiger partial charge in [-0.15, -0.1) is 0 Å². The average Bonchev–Trinajstić information content (AvgIpc) is 2.83. The molecule has 1 fully saturated rings. The first-order valence-corrected chi connectivity index (χ1v) is 12.8. The summed E-state index contributed by atoms with van der Waals surface area (Å²) in [4.78, 5) is 14.8. The number of rotatable bonds is 8. The van der Waals surface area contributed by atoms with Gasteiger partial charge in [0.15, 0.2) is 11.5 Å². The van der Waals surface area contributed by atoms with Crippen molar-refractivity contribution >= 4 is 15.9 Å². The molecule has 8 nitrogen and oxygen atoms in total. The number of nitrogens with zero attached hydrogens (tertiary/aromatic N) is 2. The molecular formula is C25H35N3O5S. The minimum absolute atomic E-state index is 0.0179. The Bertz CT molecular complexity index is 1080. The van der Waals surface area contributed by atoms with Crippen molar-refractivity contribution in [3.8, 4) is 11.5 Å². The lowest BCUT2D eigenvalue weighted by molar-refractivity contribution is -0.131. The Morgan fingerprint density at radius 1 is 0.971 bits per heavy atom. The van der Waals surface area contributed by atoms with Crippen molar-refractivity contribution in [2.24, 2.45) is 5.41 Å². The van der Waals surface area contributed by atoms with Gasteiger partial charge in [0.05, 0.1) is 25.7 Å². The van der Waals surface area contributed by atoms with Crippen LogP contribution < -0.4 is 14.8 Å². The Hall–Kier alpha value is -2.62. The molecule has 0 bridgehead atoms. The minimum Gasteiger partial charge on any atom is -0.493 e. The number of hydrogen-bond acceptors (Lipinski definition) is 6. The van der Waals surface area contributed by atoms with Crippen LogP contribution in [0.2, 0.25) is 0 Å². The monoisotopic (exact) mass is 489 g/mol. The molecule has 0 spiro atoms. The maximum Gasteiger partial charge on any atom is 0.243 e. The van der Waals surface area contributed by atoms with Crippen LogP contribution in [0.4, 0.5) is 0 Å². The normalized spacial score (nSPS) is 16.2. The summed E-state index contributed by atoms with van der Waals surface area (Å²) in [6, 6.07) is 14.7. The lowest BCUT2D eigenvalue weighted by Crippen LogP contribution is -2.52. The van der Waals surface area contributed by atoms with Crippen molar-refractivity contribution < 1.29 is 22.7 Å². The second-order valence-corrected chi connectivity index (χ2v) is 11.3. The molecule has 1 atom stereocenters. The number of piperazine rings is 1. The zero-order valence-electron chi connectivity index (χ0n) is 20.6. The third-order valence-corrected chi connectivity index (χ3v) is 7.94. The van der Waals surface area contributed by atoms with Crippen molar-refractivity contribution in [1.82, 2.24) is 14.5 Å². The third-order valence-electron chi connectivity index (χ3n) is 6.04. The van der Waals surface area contributed by atoms with Crippen molar-refractivity contribution in [2.75, 3.05) is 46.9 Å². The molecule has 1 aliphatic heterocycles. The van der Waals surface area contributed by atoms with E-state index in [2.05, 4.69) is 38.2 Å². The summed E-state index contributed by atoms with van der Waals surface area (Å²) in [5.41, 5.74) is 1.06. The Morgan fingerprint density at radius 2 is 1.59 bits per heavy atom. The van der Waals surface area contributed by atoms with Gasteiger partial charge in [-0.3, -0.25) is 4.79 Å². The van der Waals surface area contributed by atoms with E-state index in [1.807, 2.05) is 18.2 Å². The number of benzene rings is 2. The van der Waals surface area contributed by atoms with E-state index in [1.165, 1.54) is 30.7 Å². The van der Waals surface area contributed by atoms with Gasteiger partial charge in [-0.2, -0.15) is 4.31 Å². The zero-order valence-corrected chi connectivity index (χ0v) is 21.4. The Balaban J connectivity index is 1.61. The first-order chi connectivity index (χ1) is 16.1. The standard InChI is InChI=1S/C25H35N3O5S/c1-25(2,3)24(19-9-7-6-8-10-19)26-18-23(29)27-13-15-28(16-14-27)34(30,31)20-11-12-21(32-4)22(17-20)33-5/h6-12,17,24,26H,13-16,18H2,1-5H3. The zero-order chi connectivity index (χ0) is 24.9. The van der Waals surface area contributed by atoms with E-state index in [0.29, 0.717) is 24.6 Å². The predicted octanol–water partition coefficient (Wildman–Crippen LogP) is 2.91. The van der Waals surface area contributed by atoms with Crippen LogP contribution >= 0.6 is 0 Å². The highest BCUT2D eigenvalue weighted by Gasteiger charge is 2.32. The molecular weight excluding hydrogens is 454 g/mol. The number of carbonyl (C=O) groups is 1. The second-order valence-electron chi connectivity index (χ2n) is 9.39. The summed E-state index contributed by atoms with van der Waals surface area (Å²) in [5.74, 6) is 0.789. The Morgan fingerprint density at radius 3 is 2.15 bits per heavy atom. The molecule has 34 heavy (non-hydrogen) atoms. The van der Waals surface area contributed by atoms with Crippen LogP contribution in [0, 0.1) is 5.41 Å². The van der Waals surface area contributed by atoms with Gasteiger partial charge in [-0.05, 0) is 23.1 Å². The third kappa shape index (κ3) is 5.89. The first-order valence-electron chi connectivity index (χ1n) is 11.4.